The molecule has 0 spiro atoms. The van der Waals surface area contributed by atoms with Gasteiger partial charge in [0.25, 0.3) is 0 Å². The Bertz CT molecular complexity index is 1080. The number of hydrogen-bond acceptors (Lipinski definition) is 2. The number of amides is 2. The minimum absolute atomic E-state index is 0.0583. The Morgan fingerprint density at radius 3 is 2.29 bits per heavy atom. The summed E-state index contributed by atoms with van der Waals surface area (Å²) >= 11 is 6.47. The highest BCUT2D eigenvalue weighted by molar-refractivity contribution is 6.31. The van der Waals surface area contributed by atoms with E-state index in [2.05, 4.69) is 36.5 Å². The molecule has 3 aromatic carbocycles. The molecule has 0 heterocycles. The first-order valence-electron chi connectivity index (χ1n) is 12.4. The Morgan fingerprint density at radius 2 is 1.60 bits per heavy atom. The van der Waals surface area contributed by atoms with Crippen LogP contribution in [0.4, 0.5) is 0 Å². The topological polar surface area (TPSA) is 49.4 Å². The van der Waals surface area contributed by atoms with Crippen molar-refractivity contribution < 1.29 is 9.59 Å². The fraction of sp³-hybridized carbons (Fsp3) is 0.333. The standard InChI is InChI=1S/C30H35ClN2O2/c1-3-4-20-32-30(35)28(21-25-10-6-5-7-11-25)33(22-26-12-8-9-13-27(26)31)29(34)19-18-24-16-14-23(2)15-17-24/h5-17,28H,3-4,18-22H2,1-2H3,(H,32,35). The molecule has 0 aromatic heterocycles. The Balaban J connectivity index is 1.88. The van der Waals surface area contributed by atoms with Gasteiger partial charge in [0.05, 0.1) is 0 Å². The van der Waals surface area contributed by atoms with Crippen molar-refractivity contribution >= 4 is 23.4 Å². The molecule has 0 saturated heterocycles. The first kappa shape index (κ1) is 26.5. The van der Waals surface area contributed by atoms with Gasteiger partial charge in [0.15, 0.2) is 0 Å². The van der Waals surface area contributed by atoms with E-state index in [-0.39, 0.29) is 18.4 Å². The molecule has 3 rings (SSSR count). The molecule has 5 heteroatoms. The number of nitrogens with one attached hydrogen (secondary N) is 1. The summed E-state index contributed by atoms with van der Waals surface area (Å²) in [7, 11) is 0. The van der Waals surface area contributed by atoms with E-state index in [4.69, 9.17) is 11.6 Å². The Morgan fingerprint density at radius 1 is 0.914 bits per heavy atom. The Hall–Kier alpha value is -3.11. The summed E-state index contributed by atoms with van der Waals surface area (Å²) in [4.78, 5) is 28.8. The molecule has 1 N–H and O–H groups in total. The average molecular weight is 491 g/mol. The van der Waals surface area contributed by atoms with Crippen molar-refractivity contribution in [2.75, 3.05) is 6.54 Å². The van der Waals surface area contributed by atoms with Crippen molar-refractivity contribution in [3.63, 3.8) is 0 Å². The van der Waals surface area contributed by atoms with E-state index in [0.29, 0.717) is 30.8 Å². The molecule has 0 radical (unpaired) electrons. The molecule has 0 saturated carbocycles. The second-order valence-corrected chi connectivity index (χ2v) is 9.36. The van der Waals surface area contributed by atoms with Crippen LogP contribution in [0.15, 0.2) is 78.9 Å². The third-order valence-corrected chi connectivity index (χ3v) is 6.52. The number of benzene rings is 3. The average Bonchev–Trinajstić information content (AvgIpc) is 2.87. The highest BCUT2D eigenvalue weighted by Gasteiger charge is 2.30. The van der Waals surface area contributed by atoms with Gasteiger partial charge in [0.2, 0.25) is 11.8 Å². The van der Waals surface area contributed by atoms with Crippen LogP contribution in [-0.4, -0.2) is 29.3 Å². The van der Waals surface area contributed by atoms with Crippen LogP contribution in [0, 0.1) is 6.92 Å². The van der Waals surface area contributed by atoms with E-state index >= 15 is 0 Å². The van der Waals surface area contributed by atoms with E-state index < -0.39 is 6.04 Å². The third-order valence-electron chi connectivity index (χ3n) is 6.15. The lowest BCUT2D eigenvalue weighted by molar-refractivity contribution is -0.141. The molecule has 184 valence electrons. The zero-order valence-electron chi connectivity index (χ0n) is 20.7. The van der Waals surface area contributed by atoms with Crippen LogP contribution >= 0.6 is 11.6 Å². The van der Waals surface area contributed by atoms with Gasteiger partial charge >= 0.3 is 0 Å². The van der Waals surface area contributed by atoms with Gasteiger partial charge in [0, 0.05) is 31.0 Å². The van der Waals surface area contributed by atoms with Crippen molar-refractivity contribution in [1.29, 1.82) is 0 Å². The number of nitrogens with zero attached hydrogens (tertiary/aromatic N) is 1. The van der Waals surface area contributed by atoms with E-state index in [0.717, 1.165) is 29.5 Å². The smallest absolute Gasteiger partial charge is 0.243 e. The second kappa shape index (κ2) is 13.7. The summed E-state index contributed by atoms with van der Waals surface area (Å²) in [6, 6.07) is 25.0. The second-order valence-electron chi connectivity index (χ2n) is 8.95. The van der Waals surface area contributed by atoms with E-state index in [1.807, 2.05) is 61.5 Å². The Labute approximate surface area is 214 Å². The third kappa shape index (κ3) is 8.25. The van der Waals surface area contributed by atoms with Gasteiger partial charge < -0.3 is 10.2 Å². The van der Waals surface area contributed by atoms with Crippen molar-refractivity contribution in [2.24, 2.45) is 0 Å². The minimum Gasteiger partial charge on any atom is -0.354 e. The number of carbonyl (C=O) groups is 2. The summed E-state index contributed by atoms with van der Waals surface area (Å²) in [5.41, 5.74) is 4.14. The quantitative estimate of drug-likeness (QED) is 0.310. The van der Waals surface area contributed by atoms with E-state index in [1.165, 1.54) is 5.56 Å². The molecule has 4 nitrogen and oxygen atoms in total. The number of hydrogen-bond donors (Lipinski definition) is 1. The monoisotopic (exact) mass is 490 g/mol. The molecule has 0 bridgehead atoms. The van der Waals surface area contributed by atoms with E-state index in [9.17, 15) is 9.59 Å². The molecule has 0 aliphatic carbocycles. The van der Waals surface area contributed by atoms with Crippen molar-refractivity contribution in [2.45, 2.75) is 58.5 Å². The van der Waals surface area contributed by atoms with Crippen LogP contribution < -0.4 is 5.32 Å². The van der Waals surface area contributed by atoms with Gasteiger partial charge in [-0.05, 0) is 42.5 Å². The van der Waals surface area contributed by atoms with Crippen LogP contribution in [0.3, 0.4) is 0 Å². The van der Waals surface area contributed by atoms with Gasteiger partial charge in [-0.2, -0.15) is 0 Å². The maximum atomic E-state index is 13.7. The van der Waals surface area contributed by atoms with Gasteiger partial charge in [-0.25, -0.2) is 0 Å². The number of halogens is 1. The lowest BCUT2D eigenvalue weighted by Crippen LogP contribution is -2.50. The van der Waals surface area contributed by atoms with Gasteiger partial charge in [0.1, 0.15) is 6.04 Å². The predicted octanol–water partition coefficient (Wildman–Crippen LogP) is 6.14. The highest BCUT2D eigenvalue weighted by atomic mass is 35.5. The summed E-state index contributed by atoms with van der Waals surface area (Å²) < 4.78 is 0. The molecule has 35 heavy (non-hydrogen) atoms. The SMILES string of the molecule is CCCCNC(=O)C(Cc1ccccc1)N(Cc1ccccc1Cl)C(=O)CCc1ccc(C)cc1. The number of unbranched alkanes of at least 4 members (excludes halogenated alkanes) is 1. The van der Waals surface area contributed by atoms with Crippen LogP contribution in [0.5, 0.6) is 0 Å². The van der Waals surface area contributed by atoms with Gasteiger partial charge in [-0.3, -0.25) is 9.59 Å². The fourth-order valence-electron chi connectivity index (χ4n) is 4.02. The van der Waals surface area contributed by atoms with Crippen molar-refractivity contribution in [3.05, 3.63) is 106 Å². The molecule has 2 amide bonds. The lowest BCUT2D eigenvalue weighted by atomic mass is 10.0. The largest absolute Gasteiger partial charge is 0.354 e. The summed E-state index contributed by atoms with van der Waals surface area (Å²) in [5.74, 6) is -0.185. The summed E-state index contributed by atoms with van der Waals surface area (Å²) in [6.45, 7) is 5.01. The van der Waals surface area contributed by atoms with Crippen LogP contribution in [0.1, 0.15) is 48.4 Å². The molecule has 0 aliphatic heterocycles. The number of aryl methyl sites for hydroxylation is 2. The van der Waals surface area contributed by atoms with Gasteiger partial charge in [-0.1, -0.05) is 103 Å². The normalized spacial score (nSPS) is 11.6. The Kier molecular flexibility index (Phi) is 10.4. The minimum atomic E-state index is -0.629. The maximum Gasteiger partial charge on any atom is 0.243 e. The fourth-order valence-corrected chi connectivity index (χ4v) is 4.22. The predicted molar refractivity (Wildman–Crippen MR) is 143 cm³/mol. The van der Waals surface area contributed by atoms with Crippen LogP contribution in [0.2, 0.25) is 5.02 Å². The molecule has 1 unspecified atom stereocenters. The van der Waals surface area contributed by atoms with Gasteiger partial charge in [-0.15, -0.1) is 0 Å². The van der Waals surface area contributed by atoms with E-state index in [1.54, 1.807) is 4.90 Å². The molecule has 3 aromatic rings. The van der Waals surface area contributed by atoms with Crippen LogP contribution in [-0.2, 0) is 29.0 Å². The van der Waals surface area contributed by atoms with Crippen LogP contribution in [0.25, 0.3) is 0 Å². The van der Waals surface area contributed by atoms with Crippen molar-refractivity contribution in [3.8, 4) is 0 Å². The molecule has 0 aliphatic rings. The molecule has 0 fully saturated rings. The molecular weight excluding hydrogens is 456 g/mol. The summed E-state index contributed by atoms with van der Waals surface area (Å²) in [5, 5.41) is 3.65. The number of carbonyl (C=O) groups excluding carboxylic acids is 2. The van der Waals surface area contributed by atoms with Crippen molar-refractivity contribution in [1.82, 2.24) is 10.2 Å². The first-order valence-corrected chi connectivity index (χ1v) is 12.8. The first-order chi connectivity index (χ1) is 17.0. The number of rotatable bonds is 12. The summed E-state index contributed by atoms with van der Waals surface area (Å²) in [6.07, 6.45) is 3.27. The molecular formula is C30H35ClN2O2. The zero-order chi connectivity index (χ0) is 25.0. The maximum absolute atomic E-state index is 13.7. The molecule has 1 atom stereocenters. The highest BCUT2D eigenvalue weighted by Crippen LogP contribution is 2.21. The zero-order valence-corrected chi connectivity index (χ0v) is 21.4. The lowest BCUT2D eigenvalue weighted by Gasteiger charge is -2.32.